The highest BCUT2D eigenvalue weighted by Crippen LogP contribution is 2.55. The van der Waals surface area contributed by atoms with E-state index in [0.717, 1.165) is 77.8 Å². The molecule has 398 valence electrons. The van der Waals surface area contributed by atoms with Crippen LogP contribution in [0.1, 0.15) is 96.6 Å². The summed E-state index contributed by atoms with van der Waals surface area (Å²) in [5.41, 5.74) is 22.6. The Morgan fingerprint density at radius 2 is 0.671 bits per heavy atom. The van der Waals surface area contributed by atoms with Gasteiger partial charge in [-0.25, -0.2) is 0 Å². The third-order valence-electron chi connectivity index (χ3n) is 18.9. The predicted octanol–water partition coefficient (Wildman–Crippen LogP) is 23.2. The summed E-state index contributed by atoms with van der Waals surface area (Å²) in [7, 11) is 0. The zero-order chi connectivity index (χ0) is 54.7. The van der Waals surface area contributed by atoms with Crippen molar-refractivity contribution < 1.29 is 8.83 Å². The Bertz CT molecular complexity index is 4540. The molecule has 0 spiro atoms. The first kappa shape index (κ1) is 48.8. The van der Waals surface area contributed by atoms with Crippen LogP contribution >= 0.6 is 0 Å². The molecule has 2 aromatic heterocycles. The summed E-state index contributed by atoms with van der Waals surface area (Å²) in [4.78, 5) is 5.08. The number of anilines is 6. The van der Waals surface area contributed by atoms with Gasteiger partial charge in [-0.05, 0) is 180 Å². The maximum absolute atomic E-state index is 7.37. The summed E-state index contributed by atoms with van der Waals surface area (Å²) in [5, 5.41) is 12.4. The zero-order valence-corrected chi connectivity index (χ0v) is 47.2. The van der Waals surface area contributed by atoms with Crippen LogP contribution in [-0.2, 0) is 0 Å². The Kier molecular flexibility index (Phi) is 11.5. The van der Waals surface area contributed by atoms with Crippen molar-refractivity contribution in [3.05, 3.63) is 240 Å². The minimum absolute atomic E-state index is 0.439. The van der Waals surface area contributed by atoms with E-state index in [1.165, 1.54) is 140 Å². The fourth-order valence-corrected chi connectivity index (χ4v) is 15.0. The molecule has 16 rings (SSSR count). The molecule has 0 radical (unpaired) electrons. The average Bonchev–Trinajstić information content (AvgIpc) is 2.56. The standard InChI is InChI=1S/C78H64N2O2/c1-47-19-13-27-53(43-47)79(69-37-17-35-63-61-33-15-31-59(75(61)81-77(63)69)55-29-11-5-21-49(55)3)71-45-67(51-23-7-8-24-51)57-40-42-66-72(46-68(52-25-9-10-26-52)58-39-41-65(71)73(57)74(58)66)80(54-28-14-20-48(2)44-54)70-38-18-36-64-62-34-16-32-60(76(62)82-78(64)70)56-30-12-6-22-50(56)4/h5-6,11-22,27-46,51-52H,7-10,23-26H2,1-4H3. The van der Waals surface area contributed by atoms with E-state index in [1.54, 1.807) is 0 Å². The third-order valence-corrected chi connectivity index (χ3v) is 18.9. The summed E-state index contributed by atoms with van der Waals surface area (Å²) in [5.74, 6) is 0.878. The van der Waals surface area contributed by atoms with Crippen molar-refractivity contribution in [2.24, 2.45) is 0 Å². The van der Waals surface area contributed by atoms with Crippen molar-refractivity contribution >= 4 is 110 Å². The minimum atomic E-state index is 0.439. The molecular weight excluding hydrogens is 997 g/mol. The lowest BCUT2D eigenvalue weighted by Gasteiger charge is -2.32. The second-order valence-corrected chi connectivity index (χ2v) is 23.9. The number of hydrogen-bond donors (Lipinski definition) is 0. The van der Waals surface area contributed by atoms with E-state index in [4.69, 9.17) is 8.83 Å². The highest BCUT2D eigenvalue weighted by atomic mass is 16.3. The normalized spacial score (nSPS) is 14.3. The lowest BCUT2D eigenvalue weighted by atomic mass is 9.82. The SMILES string of the molecule is Cc1cccc(N(c2cc(C3CCCC3)c3ccc4c(N(c5cccc(C)c5)c5cccc6c5oc5c(-c7ccccc7C)cccc56)cc(C5CCCC5)c5ccc2c3c54)c2cccc3c2oc2c(-c4ccccc4C)cccc23)c1. The van der Waals surface area contributed by atoms with E-state index in [-0.39, 0.29) is 0 Å². The molecule has 14 aromatic rings. The summed E-state index contributed by atoms with van der Waals surface area (Å²) >= 11 is 0. The van der Waals surface area contributed by atoms with Crippen LogP contribution in [0.25, 0.3) is 98.4 Å². The van der Waals surface area contributed by atoms with Gasteiger partial charge in [-0.1, -0.05) is 183 Å². The van der Waals surface area contributed by atoms with Crippen LogP contribution in [0.2, 0.25) is 0 Å². The van der Waals surface area contributed by atoms with Gasteiger partial charge in [0.05, 0.1) is 22.7 Å². The number of nitrogens with zero attached hydrogens (tertiary/aromatic N) is 2. The second-order valence-electron chi connectivity index (χ2n) is 23.9. The Morgan fingerprint density at radius 1 is 0.305 bits per heavy atom. The molecule has 0 aliphatic heterocycles. The third kappa shape index (κ3) is 7.64. The number of para-hydroxylation sites is 4. The van der Waals surface area contributed by atoms with Crippen LogP contribution < -0.4 is 9.80 Å². The van der Waals surface area contributed by atoms with E-state index in [2.05, 4.69) is 244 Å². The Labute approximate surface area is 479 Å². The molecule has 0 N–H and O–H groups in total. The predicted molar refractivity (Wildman–Crippen MR) is 346 cm³/mol. The molecule has 4 nitrogen and oxygen atoms in total. The molecule has 2 aliphatic carbocycles. The monoisotopic (exact) mass is 1060 g/mol. The van der Waals surface area contributed by atoms with E-state index >= 15 is 0 Å². The van der Waals surface area contributed by atoms with Crippen LogP contribution in [-0.4, -0.2) is 0 Å². The molecule has 0 amide bonds. The number of hydrogen-bond acceptors (Lipinski definition) is 4. The summed E-state index contributed by atoms with van der Waals surface area (Å²) in [6.45, 7) is 8.82. The Morgan fingerprint density at radius 3 is 1.09 bits per heavy atom. The van der Waals surface area contributed by atoms with Crippen molar-refractivity contribution in [1.82, 2.24) is 0 Å². The van der Waals surface area contributed by atoms with E-state index in [9.17, 15) is 0 Å². The zero-order valence-electron chi connectivity index (χ0n) is 47.2. The number of aryl methyl sites for hydroxylation is 4. The van der Waals surface area contributed by atoms with Crippen molar-refractivity contribution in [3.63, 3.8) is 0 Å². The molecule has 0 unspecified atom stereocenters. The van der Waals surface area contributed by atoms with Gasteiger partial charge in [0.15, 0.2) is 11.2 Å². The smallest absolute Gasteiger partial charge is 0.159 e. The van der Waals surface area contributed by atoms with Gasteiger partial charge >= 0.3 is 0 Å². The van der Waals surface area contributed by atoms with Crippen molar-refractivity contribution in [2.45, 2.75) is 90.9 Å². The second kappa shape index (κ2) is 19.3. The van der Waals surface area contributed by atoms with Gasteiger partial charge in [-0.15, -0.1) is 0 Å². The highest BCUT2D eigenvalue weighted by Gasteiger charge is 2.32. The van der Waals surface area contributed by atoms with E-state index in [0.29, 0.717) is 11.8 Å². The van der Waals surface area contributed by atoms with Crippen LogP contribution in [0.3, 0.4) is 0 Å². The quantitative estimate of drug-likeness (QED) is 0.128. The first-order chi connectivity index (χ1) is 40.3. The minimum Gasteiger partial charge on any atom is -0.453 e. The van der Waals surface area contributed by atoms with Crippen molar-refractivity contribution in [3.8, 4) is 22.3 Å². The number of benzene rings is 12. The largest absolute Gasteiger partial charge is 0.453 e. The summed E-state index contributed by atoms with van der Waals surface area (Å²) in [6, 6.07) is 77.4. The molecule has 2 saturated carbocycles. The molecule has 0 atom stereocenters. The fourth-order valence-electron chi connectivity index (χ4n) is 15.0. The van der Waals surface area contributed by atoms with E-state index < -0.39 is 0 Å². The van der Waals surface area contributed by atoms with Gasteiger partial charge in [-0.3, -0.25) is 0 Å². The van der Waals surface area contributed by atoms with Gasteiger partial charge < -0.3 is 18.6 Å². The molecule has 4 heteroatoms. The maximum Gasteiger partial charge on any atom is 0.159 e. The lowest BCUT2D eigenvalue weighted by molar-refractivity contribution is 0.669. The Hall–Kier alpha value is -9.12. The molecule has 0 bridgehead atoms. The molecule has 2 fully saturated rings. The molecule has 82 heavy (non-hydrogen) atoms. The van der Waals surface area contributed by atoms with Gasteiger partial charge in [-0.2, -0.15) is 0 Å². The van der Waals surface area contributed by atoms with Crippen LogP contribution in [0.4, 0.5) is 34.1 Å². The maximum atomic E-state index is 7.37. The Balaban J connectivity index is 1.00. The average molecular weight is 1060 g/mol. The molecule has 2 aliphatic rings. The topological polar surface area (TPSA) is 32.8 Å². The van der Waals surface area contributed by atoms with Crippen LogP contribution in [0.5, 0.6) is 0 Å². The highest BCUT2D eigenvalue weighted by molar-refractivity contribution is 6.30. The molecular formula is C78H64N2O2. The van der Waals surface area contributed by atoms with Crippen molar-refractivity contribution in [2.75, 3.05) is 9.80 Å². The first-order valence-corrected chi connectivity index (χ1v) is 29.9. The molecule has 12 aromatic carbocycles. The first-order valence-electron chi connectivity index (χ1n) is 29.9. The fraction of sp³-hybridized carbons (Fsp3) is 0.179. The van der Waals surface area contributed by atoms with Crippen LogP contribution in [0.15, 0.2) is 215 Å². The summed E-state index contributed by atoms with van der Waals surface area (Å²) < 4.78 is 14.7. The number of fused-ring (bicyclic) bond motifs is 6. The molecule has 2 heterocycles. The number of rotatable bonds is 10. The van der Waals surface area contributed by atoms with Gasteiger partial charge in [0.25, 0.3) is 0 Å². The van der Waals surface area contributed by atoms with Crippen LogP contribution in [0, 0.1) is 27.7 Å². The number of furan rings is 2. The van der Waals surface area contributed by atoms with Gasteiger partial charge in [0.1, 0.15) is 11.2 Å². The summed E-state index contributed by atoms with van der Waals surface area (Å²) in [6.07, 6.45) is 9.70. The van der Waals surface area contributed by atoms with Gasteiger partial charge in [0, 0.05) is 54.8 Å². The van der Waals surface area contributed by atoms with E-state index in [1.807, 2.05) is 0 Å². The van der Waals surface area contributed by atoms with Gasteiger partial charge in [0.2, 0.25) is 0 Å². The lowest BCUT2D eigenvalue weighted by Crippen LogP contribution is -2.13. The van der Waals surface area contributed by atoms with Crippen molar-refractivity contribution in [1.29, 1.82) is 0 Å². The molecule has 0 saturated heterocycles.